The highest BCUT2D eigenvalue weighted by molar-refractivity contribution is 9.10. The minimum atomic E-state index is -0.445. The van der Waals surface area contributed by atoms with Gasteiger partial charge in [-0.3, -0.25) is 0 Å². The van der Waals surface area contributed by atoms with Gasteiger partial charge in [0.2, 0.25) is 0 Å². The molecule has 1 aromatic rings. The zero-order valence-electron chi connectivity index (χ0n) is 12.0. The van der Waals surface area contributed by atoms with Crippen molar-refractivity contribution in [1.82, 2.24) is 5.32 Å². The van der Waals surface area contributed by atoms with Gasteiger partial charge in [0.25, 0.3) is 0 Å². The second-order valence-electron chi connectivity index (χ2n) is 6.09. The molecule has 1 amide bonds. The van der Waals surface area contributed by atoms with Gasteiger partial charge in [-0.2, -0.15) is 0 Å². The van der Waals surface area contributed by atoms with E-state index in [9.17, 15) is 4.79 Å². The van der Waals surface area contributed by atoms with Crippen LogP contribution in [-0.2, 0) is 4.74 Å². The summed E-state index contributed by atoms with van der Waals surface area (Å²) in [5, 5.41) is 2.88. The Morgan fingerprint density at radius 3 is 2.45 bits per heavy atom. The third-order valence-corrected chi connectivity index (χ3v) is 4.93. The van der Waals surface area contributed by atoms with Crippen molar-refractivity contribution in [2.75, 3.05) is 6.54 Å². The first-order valence-corrected chi connectivity index (χ1v) is 8.30. The van der Waals surface area contributed by atoms with E-state index in [1.807, 2.05) is 44.7 Å². The molecule has 0 bridgehead atoms. The van der Waals surface area contributed by atoms with E-state index in [0.717, 1.165) is 17.3 Å². The number of amides is 1. The van der Waals surface area contributed by atoms with Gasteiger partial charge in [0.15, 0.2) is 0 Å². The molecule has 2 rings (SSSR count). The Balaban J connectivity index is 1.83. The summed E-state index contributed by atoms with van der Waals surface area (Å²) in [5.74, 6) is 0. The fraction of sp³-hybridized carbons (Fsp3) is 0.533. The Kier molecular flexibility index (Phi) is 4.69. The zero-order valence-corrected chi connectivity index (χ0v) is 14.4. The van der Waals surface area contributed by atoms with Gasteiger partial charge in [-0.1, -0.05) is 15.9 Å². The maximum absolute atomic E-state index is 11.7. The third kappa shape index (κ3) is 5.02. The van der Waals surface area contributed by atoms with Crippen molar-refractivity contribution < 1.29 is 9.53 Å². The number of carbonyl (C=O) groups is 1. The van der Waals surface area contributed by atoms with Crippen LogP contribution in [-0.4, -0.2) is 23.0 Å². The summed E-state index contributed by atoms with van der Waals surface area (Å²) < 4.78 is 6.49. The number of rotatable bonds is 4. The monoisotopic (exact) mass is 357 g/mol. The predicted octanol–water partition coefficient (Wildman–Crippen LogP) is 4.60. The zero-order chi connectivity index (χ0) is 14.8. The Bertz CT molecular complexity index is 478. The van der Waals surface area contributed by atoms with Crippen molar-refractivity contribution in [2.24, 2.45) is 0 Å². The molecule has 5 heteroatoms. The summed E-state index contributed by atoms with van der Waals surface area (Å²) in [6.07, 6.45) is 1.92. The molecule has 20 heavy (non-hydrogen) atoms. The molecule has 3 nitrogen and oxygen atoms in total. The van der Waals surface area contributed by atoms with Gasteiger partial charge >= 0.3 is 6.09 Å². The summed E-state index contributed by atoms with van der Waals surface area (Å²) in [6.45, 7) is 6.27. The molecule has 0 atom stereocenters. The molecule has 0 saturated heterocycles. The third-order valence-electron chi connectivity index (χ3n) is 2.91. The first-order chi connectivity index (χ1) is 9.28. The highest BCUT2D eigenvalue weighted by Crippen LogP contribution is 2.51. The highest BCUT2D eigenvalue weighted by Gasteiger charge is 2.44. The van der Waals surface area contributed by atoms with Crippen LogP contribution < -0.4 is 5.32 Å². The molecule has 110 valence electrons. The van der Waals surface area contributed by atoms with Crippen LogP contribution >= 0.6 is 27.7 Å². The van der Waals surface area contributed by atoms with Crippen LogP contribution in [0.25, 0.3) is 0 Å². The van der Waals surface area contributed by atoms with Crippen LogP contribution in [0.2, 0.25) is 0 Å². The number of carbonyl (C=O) groups excluding carboxylic acids is 1. The fourth-order valence-corrected chi connectivity index (χ4v) is 3.24. The smallest absolute Gasteiger partial charge is 0.407 e. The van der Waals surface area contributed by atoms with Gasteiger partial charge in [0, 0.05) is 20.7 Å². The minimum absolute atomic E-state index is 0.144. The van der Waals surface area contributed by atoms with Crippen LogP contribution in [0.3, 0.4) is 0 Å². The molecule has 1 aliphatic rings. The summed E-state index contributed by atoms with van der Waals surface area (Å²) >= 11 is 5.27. The number of thioether (sulfide) groups is 1. The first kappa shape index (κ1) is 15.7. The molecule has 1 saturated carbocycles. The lowest BCUT2D eigenvalue weighted by molar-refractivity contribution is 0.0527. The van der Waals surface area contributed by atoms with Crippen LogP contribution in [0, 0.1) is 0 Å². The lowest BCUT2D eigenvalue weighted by Crippen LogP contribution is -2.36. The Morgan fingerprint density at radius 2 is 1.95 bits per heavy atom. The molecule has 1 aliphatic carbocycles. The van der Waals surface area contributed by atoms with Crippen molar-refractivity contribution in [2.45, 2.75) is 48.9 Å². The molecule has 0 aliphatic heterocycles. The minimum Gasteiger partial charge on any atom is -0.444 e. The summed E-state index contributed by atoms with van der Waals surface area (Å²) in [7, 11) is 0. The molecular weight excluding hydrogens is 338 g/mol. The standard InChI is InChI=1S/C15H20BrNO2S/c1-14(2,3)19-13(18)17-10-15(8-9-15)20-12-6-4-11(16)5-7-12/h4-7H,8-10H2,1-3H3,(H,17,18). The van der Waals surface area contributed by atoms with Gasteiger partial charge in [0.05, 0.1) is 0 Å². The van der Waals surface area contributed by atoms with Crippen molar-refractivity contribution in [3.8, 4) is 0 Å². The van der Waals surface area contributed by atoms with Crippen LogP contribution in [0.5, 0.6) is 0 Å². The average Bonchev–Trinajstić information content (AvgIpc) is 3.08. The maximum Gasteiger partial charge on any atom is 0.407 e. The summed E-state index contributed by atoms with van der Waals surface area (Å²) in [6, 6.07) is 8.28. The van der Waals surface area contributed by atoms with Gasteiger partial charge < -0.3 is 10.1 Å². The van der Waals surface area contributed by atoms with E-state index in [0.29, 0.717) is 6.54 Å². The Hall–Kier alpha value is -0.680. The van der Waals surface area contributed by atoms with Gasteiger partial charge in [-0.25, -0.2) is 4.79 Å². The molecule has 0 unspecified atom stereocenters. The van der Waals surface area contributed by atoms with Crippen molar-refractivity contribution >= 4 is 33.8 Å². The lowest BCUT2D eigenvalue weighted by atomic mass is 10.2. The van der Waals surface area contributed by atoms with E-state index in [4.69, 9.17) is 4.74 Å². The highest BCUT2D eigenvalue weighted by atomic mass is 79.9. The van der Waals surface area contributed by atoms with E-state index in [2.05, 4.69) is 33.4 Å². The fourth-order valence-electron chi connectivity index (χ4n) is 1.75. The SMILES string of the molecule is CC(C)(C)OC(=O)NCC1(Sc2ccc(Br)cc2)CC1. The molecule has 0 radical (unpaired) electrons. The first-order valence-electron chi connectivity index (χ1n) is 6.70. The van der Waals surface area contributed by atoms with E-state index in [1.165, 1.54) is 4.90 Å². The van der Waals surface area contributed by atoms with E-state index in [-0.39, 0.29) is 10.8 Å². The molecule has 1 aromatic carbocycles. The topological polar surface area (TPSA) is 38.3 Å². The molecule has 1 fully saturated rings. The molecule has 0 heterocycles. The number of benzene rings is 1. The Morgan fingerprint density at radius 1 is 1.35 bits per heavy atom. The molecular formula is C15H20BrNO2S. The summed E-state index contributed by atoms with van der Waals surface area (Å²) in [5.41, 5.74) is -0.445. The van der Waals surface area contributed by atoms with Crippen molar-refractivity contribution in [3.63, 3.8) is 0 Å². The number of hydrogen-bond donors (Lipinski definition) is 1. The van der Waals surface area contributed by atoms with Crippen LogP contribution in [0.4, 0.5) is 4.79 Å². The van der Waals surface area contributed by atoms with Crippen molar-refractivity contribution in [1.29, 1.82) is 0 Å². The van der Waals surface area contributed by atoms with Crippen molar-refractivity contribution in [3.05, 3.63) is 28.7 Å². The van der Waals surface area contributed by atoms with Crippen LogP contribution in [0.1, 0.15) is 33.6 Å². The maximum atomic E-state index is 11.7. The predicted molar refractivity (Wildman–Crippen MR) is 86.2 cm³/mol. The largest absolute Gasteiger partial charge is 0.444 e. The molecule has 1 N–H and O–H groups in total. The van der Waals surface area contributed by atoms with Crippen LogP contribution in [0.15, 0.2) is 33.6 Å². The number of alkyl carbamates (subject to hydrolysis) is 1. The quantitative estimate of drug-likeness (QED) is 0.855. The summed E-state index contributed by atoms with van der Waals surface area (Å²) in [4.78, 5) is 12.9. The average molecular weight is 358 g/mol. The normalized spacial score (nSPS) is 16.6. The van der Waals surface area contributed by atoms with E-state index < -0.39 is 5.60 Å². The van der Waals surface area contributed by atoms with E-state index >= 15 is 0 Å². The number of halogens is 1. The lowest BCUT2D eigenvalue weighted by Gasteiger charge is -2.21. The Labute approximate surface area is 133 Å². The number of hydrogen-bond acceptors (Lipinski definition) is 3. The number of ether oxygens (including phenoxy) is 1. The van der Waals surface area contributed by atoms with E-state index in [1.54, 1.807) is 0 Å². The molecule has 0 aromatic heterocycles. The second kappa shape index (κ2) is 5.98. The number of nitrogens with one attached hydrogen (secondary N) is 1. The van der Waals surface area contributed by atoms with Gasteiger partial charge in [-0.15, -0.1) is 11.8 Å². The second-order valence-corrected chi connectivity index (χ2v) is 8.55. The van der Waals surface area contributed by atoms with Gasteiger partial charge in [-0.05, 0) is 57.9 Å². The van der Waals surface area contributed by atoms with Gasteiger partial charge in [0.1, 0.15) is 5.60 Å². The molecule has 0 spiro atoms.